The van der Waals surface area contributed by atoms with E-state index in [0.717, 1.165) is 12.1 Å². The van der Waals surface area contributed by atoms with E-state index in [1.54, 1.807) is 19.3 Å². The van der Waals surface area contributed by atoms with Crippen molar-refractivity contribution in [2.24, 2.45) is 0 Å². The summed E-state index contributed by atoms with van der Waals surface area (Å²) in [6.07, 6.45) is -2.77. The molecule has 2 rings (SSSR count). The maximum absolute atomic E-state index is 12.6. The minimum atomic E-state index is -4.36. The number of hydrogen-bond acceptors (Lipinski definition) is 3. The van der Waals surface area contributed by atoms with E-state index >= 15 is 0 Å². The summed E-state index contributed by atoms with van der Waals surface area (Å²) in [7, 11) is 1.75. The van der Waals surface area contributed by atoms with Gasteiger partial charge in [-0.3, -0.25) is 0 Å². The van der Waals surface area contributed by atoms with Crippen LogP contribution < -0.4 is 5.32 Å². The van der Waals surface area contributed by atoms with Crippen molar-refractivity contribution in [3.05, 3.63) is 41.7 Å². The van der Waals surface area contributed by atoms with E-state index < -0.39 is 11.7 Å². The van der Waals surface area contributed by atoms with Crippen molar-refractivity contribution >= 4 is 0 Å². The van der Waals surface area contributed by atoms with E-state index in [0.29, 0.717) is 17.9 Å². The molecule has 0 aliphatic heterocycles. The Balaban J connectivity index is 2.32. The van der Waals surface area contributed by atoms with E-state index in [-0.39, 0.29) is 0 Å². The molecule has 0 saturated heterocycles. The van der Waals surface area contributed by atoms with Gasteiger partial charge in [-0.05, 0) is 25.2 Å². The van der Waals surface area contributed by atoms with Gasteiger partial charge in [-0.1, -0.05) is 11.3 Å². The third-order valence-corrected chi connectivity index (χ3v) is 2.34. The van der Waals surface area contributed by atoms with Crippen LogP contribution in [0.5, 0.6) is 0 Å². The summed E-state index contributed by atoms with van der Waals surface area (Å²) in [5, 5.41) is 10.5. The molecule has 0 saturated carbocycles. The number of nitrogens with one attached hydrogen (secondary N) is 1. The molecule has 18 heavy (non-hydrogen) atoms. The summed E-state index contributed by atoms with van der Waals surface area (Å²) in [5.74, 6) is 0. The molecule has 0 aliphatic rings. The van der Waals surface area contributed by atoms with E-state index in [2.05, 4.69) is 15.6 Å². The fraction of sp³-hybridized carbons (Fsp3) is 0.273. The summed E-state index contributed by atoms with van der Waals surface area (Å²) in [4.78, 5) is 0. The van der Waals surface area contributed by atoms with Crippen LogP contribution in [-0.2, 0) is 12.7 Å². The number of alkyl halides is 3. The van der Waals surface area contributed by atoms with Gasteiger partial charge in [-0.15, -0.1) is 5.10 Å². The van der Waals surface area contributed by atoms with Crippen LogP contribution in [0, 0.1) is 0 Å². The molecule has 4 nitrogen and oxygen atoms in total. The van der Waals surface area contributed by atoms with E-state index in [1.807, 2.05) is 0 Å². The lowest BCUT2D eigenvalue weighted by Gasteiger charge is -2.07. The van der Waals surface area contributed by atoms with Crippen molar-refractivity contribution < 1.29 is 13.2 Å². The molecule has 2 aromatic rings. The number of rotatable bonds is 3. The van der Waals surface area contributed by atoms with Crippen molar-refractivity contribution in [3.63, 3.8) is 0 Å². The summed E-state index contributed by atoms with van der Waals surface area (Å²) < 4.78 is 39.0. The Labute approximate surface area is 101 Å². The highest BCUT2D eigenvalue weighted by Gasteiger charge is 2.30. The molecule has 0 fully saturated rings. The first-order chi connectivity index (χ1) is 8.50. The van der Waals surface area contributed by atoms with Crippen LogP contribution in [0.4, 0.5) is 13.2 Å². The smallest absolute Gasteiger partial charge is 0.314 e. The minimum Gasteiger partial charge on any atom is -0.314 e. The predicted molar refractivity (Wildman–Crippen MR) is 59.1 cm³/mol. The topological polar surface area (TPSA) is 42.7 Å². The summed E-state index contributed by atoms with van der Waals surface area (Å²) in [5.41, 5.74) is 0.292. The molecule has 0 amide bonds. The molecule has 0 bridgehead atoms. The zero-order valence-corrected chi connectivity index (χ0v) is 9.57. The second-order valence-electron chi connectivity index (χ2n) is 3.73. The molecular weight excluding hydrogens is 245 g/mol. The lowest BCUT2D eigenvalue weighted by Crippen LogP contribution is -2.06. The number of aromatic nitrogens is 3. The summed E-state index contributed by atoms with van der Waals surface area (Å²) >= 11 is 0. The van der Waals surface area contributed by atoms with Gasteiger partial charge in [0, 0.05) is 6.54 Å². The Morgan fingerprint density at radius 3 is 2.78 bits per heavy atom. The summed E-state index contributed by atoms with van der Waals surface area (Å²) in [6.45, 7) is 0.513. The van der Waals surface area contributed by atoms with E-state index in [4.69, 9.17) is 0 Å². The lowest BCUT2D eigenvalue weighted by atomic mass is 10.2. The van der Waals surface area contributed by atoms with Crippen molar-refractivity contribution in [1.29, 1.82) is 0 Å². The van der Waals surface area contributed by atoms with Gasteiger partial charge in [-0.25, -0.2) is 4.68 Å². The summed E-state index contributed by atoms with van der Waals surface area (Å²) in [6, 6.07) is 4.96. The third kappa shape index (κ3) is 2.67. The lowest BCUT2D eigenvalue weighted by molar-refractivity contribution is -0.137. The fourth-order valence-electron chi connectivity index (χ4n) is 1.51. The molecular formula is C11H11F3N4. The van der Waals surface area contributed by atoms with Gasteiger partial charge in [-0.2, -0.15) is 13.2 Å². The zero-order chi connectivity index (χ0) is 13.2. The van der Waals surface area contributed by atoms with Crippen LogP contribution >= 0.6 is 0 Å². The molecule has 7 heteroatoms. The second kappa shape index (κ2) is 4.77. The van der Waals surface area contributed by atoms with Crippen molar-refractivity contribution in [2.45, 2.75) is 12.7 Å². The Morgan fingerprint density at radius 2 is 2.11 bits per heavy atom. The Kier molecular flexibility index (Phi) is 3.33. The maximum atomic E-state index is 12.6. The number of halogens is 3. The Bertz CT molecular complexity index is 533. The van der Waals surface area contributed by atoms with Crippen molar-refractivity contribution in [2.75, 3.05) is 7.05 Å². The van der Waals surface area contributed by atoms with Gasteiger partial charge in [0.05, 0.1) is 23.1 Å². The third-order valence-electron chi connectivity index (χ3n) is 2.34. The van der Waals surface area contributed by atoms with Gasteiger partial charge in [0.1, 0.15) is 0 Å². The molecule has 1 aromatic carbocycles. The Hall–Kier alpha value is -1.89. The second-order valence-corrected chi connectivity index (χ2v) is 3.73. The molecule has 0 radical (unpaired) electrons. The highest BCUT2D eigenvalue weighted by molar-refractivity contribution is 5.36. The molecule has 0 atom stereocenters. The fourth-order valence-corrected chi connectivity index (χ4v) is 1.51. The van der Waals surface area contributed by atoms with Gasteiger partial charge in [0.15, 0.2) is 0 Å². The zero-order valence-electron chi connectivity index (χ0n) is 9.57. The number of hydrogen-bond donors (Lipinski definition) is 1. The maximum Gasteiger partial charge on any atom is 0.416 e. The highest BCUT2D eigenvalue weighted by Crippen LogP contribution is 2.30. The first-order valence-electron chi connectivity index (χ1n) is 5.24. The molecule has 96 valence electrons. The van der Waals surface area contributed by atoms with Crippen LogP contribution in [0.25, 0.3) is 5.69 Å². The predicted octanol–water partition coefficient (Wildman–Crippen LogP) is 2.01. The van der Waals surface area contributed by atoms with Crippen LogP contribution in [0.2, 0.25) is 0 Å². The van der Waals surface area contributed by atoms with Crippen LogP contribution in [0.1, 0.15) is 11.3 Å². The van der Waals surface area contributed by atoms with Crippen LogP contribution in [0.3, 0.4) is 0 Å². The number of nitrogens with zero attached hydrogens (tertiary/aromatic N) is 3. The van der Waals surface area contributed by atoms with E-state index in [1.165, 1.54) is 10.7 Å². The molecule has 0 unspecified atom stereocenters. The normalized spacial score (nSPS) is 11.8. The largest absolute Gasteiger partial charge is 0.416 e. The standard InChI is InChI=1S/C11H11F3N4/c1-15-6-9-7-18(17-16-9)10-4-2-3-8(5-10)11(12,13)14/h2-5,7,15H,6H2,1H3. The molecule has 1 aromatic heterocycles. The Morgan fingerprint density at radius 1 is 1.33 bits per heavy atom. The molecule has 0 aliphatic carbocycles. The average molecular weight is 256 g/mol. The molecule has 0 spiro atoms. The quantitative estimate of drug-likeness (QED) is 0.913. The molecule has 1 heterocycles. The van der Waals surface area contributed by atoms with Crippen molar-refractivity contribution in [1.82, 2.24) is 20.3 Å². The SMILES string of the molecule is CNCc1cn(-c2cccc(C(F)(F)F)c2)nn1. The number of benzene rings is 1. The first-order valence-corrected chi connectivity index (χ1v) is 5.24. The van der Waals surface area contributed by atoms with E-state index in [9.17, 15) is 13.2 Å². The van der Waals surface area contributed by atoms with Crippen LogP contribution in [0.15, 0.2) is 30.5 Å². The highest BCUT2D eigenvalue weighted by atomic mass is 19.4. The average Bonchev–Trinajstić information content (AvgIpc) is 2.77. The van der Waals surface area contributed by atoms with Crippen molar-refractivity contribution in [3.8, 4) is 5.69 Å². The van der Waals surface area contributed by atoms with Gasteiger partial charge < -0.3 is 5.32 Å². The van der Waals surface area contributed by atoms with Gasteiger partial charge in [0.2, 0.25) is 0 Å². The monoisotopic (exact) mass is 256 g/mol. The van der Waals surface area contributed by atoms with Gasteiger partial charge in [0.25, 0.3) is 0 Å². The first kappa shape index (κ1) is 12.6. The van der Waals surface area contributed by atoms with Gasteiger partial charge >= 0.3 is 6.18 Å². The van der Waals surface area contributed by atoms with Crippen LogP contribution in [-0.4, -0.2) is 22.0 Å². The molecule has 1 N–H and O–H groups in total. The minimum absolute atomic E-state index is 0.333.